The molecule has 0 radical (unpaired) electrons. The lowest BCUT2D eigenvalue weighted by atomic mass is 10.0. The predicted molar refractivity (Wildman–Crippen MR) is 108 cm³/mol. The van der Waals surface area contributed by atoms with Crippen LogP contribution in [0.5, 0.6) is 0 Å². The van der Waals surface area contributed by atoms with Gasteiger partial charge in [-0.15, -0.1) is 0 Å². The maximum absolute atomic E-state index is 14.0. The van der Waals surface area contributed by atoms with E-state index < -0.39 is 44.5 Å². The minimum Gasteiger partial charge on any atom is -0.341 e. The molecular weight excluding hydrogens is 430 g/mol. The van der Waals surface area contributed by atoms with Crippen LogP contribution >= 0.6 is 0 Å². The molecule has 0 aliphatic carbocycles. The van der Waals surface area contributed by atoms with Gasteiger partial charge in [-0.3, -0.25) is 15.0 Å². The number of carbonyl (C=O) groups excluding carboxylic acids is 2. The fourth-order valence-electron chi connectivity index (χ4n) is 3.42. The fraction of sp³-hybridized carbons (Fsp3) is 0.300. The molecule has 31 heavy (non-hydrogen) atoms. The number of urea groups is 1. The summed E-state index contributed by atoms with van der Waals surface area (Å²) in [7, 11) is -2.86. The second-order valence-corrected chi connectivity index (χ2v) is 8.80. The number of halogens is 2. The van der Waals surface area contributed by atoms with Crippen molar-refractivity contribution in [2.75, 3.05) is 33.2 Å². The SMILES string of the molecule is CNC(=O)NC(=O)C(c1ccccc1)N1CCN(S(=O)(=O)c2cc(F)ccc2F)CC1. The summed E-state index contributed by atoms with van der Waals surface area (Å²) in [6.07, 6.45) is 0. The van der Waals surface area contributed by atoms with Crippen LogP contribution in [0, 0.1) is 11.6 Å². The molecule has 0 saturated carbocycles. The Labute approximate surface area is 178 Å². The first kappa shape index (κ1) is 22.8. The maximum atomic E-state index is 14.0. The molecule has 2 aromatic carbocycles. The fourth-order valence-corrected chi connectivity index (χ4v) is 4.92. The van der Waals surface area contributed by atoms with Gasteiger partial charge in [0.25, 0.3) is 0 Å². The van der Waals surface area contributed by atoms with Gasteiger partial charge in [0.2, 0.25) is 15.9 Å². The summed E-state index contributed by atoms with van der Waals surface area (Å²) in [6, 6.07) is 9.55. The quantitative estimate of drug-likeness (QED) is 0.716. The molecule has 1 saturated heterocycles. The molecule has 0 spiro atoms. The number of hydrogen-bond donors (Lipinski definition) is 2. The molecule has 166 valence electrons. The Kier molecular flexibility index (Phi) is 6.98. The first-order valence-corrected chi connectivity index (χ1v) is 10.9. The highest BCUT2D eigenvalue weighted by atomic mass is 32.2. The summed E-state index contributed by atoms with van der Waals surface area (Å²) in [5, 5.41) is 4.57. The van der Waals surface area contributed by atoms with Crippen molar-refractivity contribution in [3.63, 3.8) is 0 Å². The zero-order chi connectivity index (χ0) is 22.6. The zero-order valence-corrected chi connectivity index (χ0v) is 17.5. The van der Waals surface area contributed by atoms with Crippen LogP contribution in [0.3, 0.4) is 0 Å². The van der Waals surface area contributed by atoms with Crippen LogP contribution in [0.15, 0.2) is 53.4 Å². The molecule has 8 nitrogen and oxygen atoms in total. The van der Waals surface area contributed by atoms with Crippen molar-refractivity contribution in [3.05, 3.63) is 65.7 Å². The van der Waals surface area contributed by atoms with Crippen molar-refractivity contribution >= 4 is 22.0 Å². The third-order valence-corrected chi connectivity index (χ3v) is 6.89. The van der Waals surface area contributed by atoms with Gasteiger partial charge in [0.1, 0.15) is 22.6 Å². The van der Waals surface area contributed by atoms with Crippen molar-refractivity contribution in [3.8, 4) is 0 Å². The first-order valence-electron chi connectivity index (χ1n) is 9.51. The highest BCUT2D eigenvalue weighted by molar-refractivity contribution is 7.89. The Morgan fingerprint density at radius 2 is 1.65 bits per heavy atom. The molecule has 3 amide bonds. The van der Waals surface area contributed by atoms with E-state index in [1.165, 1.54) is 7.05 Å². The lowest BCUT2D eigenvalue weighted by molar-refractivity contribution is -0.126. The minimum atomic E-state index is -4.25. The highest BCUT2D eigenvalue weighted by Crippen LogP contribution is 2.26. The number of benzene rings is 2. The molecule has 3 rings (SSSR count). The topological polar surface area (TPSA) is 98.8 Å². The van der Waals surface area contributed by atoms with Gasteiger partial charge >= 0.3 is 6.03 Å². The Bertz CT molecular complexity index is 1060. The lowest BCUT2D eigenvalue weighted by Crippen LogP contribution is -2.53. The number of sulfonamides is 1. The van der Waals surface area contributed by atoms with Crippen molar-refractivity contribution in [1.29, 1.82) is 0 Å². The molecule has 0 bridgehead atoms. The lowest BCUT2D eigenvalue weighted by Gasteiger charge is -2.38. The molecule has 1 aliphatic rings. The number of piperazine rings is 1. The van der Waals surface area contributed by atoms with Crippen LogP contribution in [0.4, 0.5) is 13.6 Å². The minimum absolute atomic E-state index is 0.0329. The highest BCUT2D eigenvalue weighted by Gasteiger charge is 2.36. The van der Waals surface area contributed by atoms with E-state index in [2.05, 4.69) is 10.6 Å². The normalized spacial score (nSPS) is 16.5. The van der Waals surface area contributed by atoms with E-state index in [1.807, 2.05) is 0 Å². The second-order valence-electron chi connectivity index (χ2n) is 6.90. The number of carbonyl (C=O) groups is 2. The molecule has 2 N–H and O–H groups in total. The largest absolute Gasteiger partial charge is 0.341 e. The standard InChI is InChI=1S/C20H22F2N4O4S/c1-23-20(28)24-19(27)18(14-5-3-2-4-6-14)25-9-11-26(12-10-25)31(29,30)17-13-15(21)7-8-16(17)22/h2-8,13,18H,9-12H2,1H3,(H2,23,24,27,28). The van der Waals surface area contributed by atoms with E-state index in [4.69, 9.17) is 0 Å². The number of amides is 3. The average Bonchev–Trinajstić information content (AvgIpc) is 2.76. The van der Waals surface area contributed by atoms with Crippen LogP contribution in [0.2, 0.25) is 0 Å². The Balaban J connectivity index is 1.80. The van der Waals surface area contributed by atoms with Gasteiger partial charge in [-0.05, 0) is 23.8 Å². The smallest absolute Gasteiger partial charge is 0.321 e. The molecule has 1 atom stereocenters. The summed E-state index contributed by atoms with van der Waals surface area (Å²) in [6.45, 7) is 0.234. The van der Waals surface area contributed by atoms with Crippen LogP contribution in [-0.4, -0.2) is 62.8 Å². The Morgan fingerprint density at radius 1 is 1.00 bits per heavy atom. The number of nitrogens with one attached hydrogen (secondary N) is 2. The molecule has 0 aromatic heterocycles. The van der Waals surface area contributed by atoms with Crippen molar-refractivity contribution in [1.82, 2.24) is 19.8 Å². The molecular formula is C20H22F2N4O4S. The van der Waals surface area contributed by atoms with Gasteiger partial charge in [0, 0.05) is 33.2 Å². The van der Waals surface area contributed by atoms with Crippen molar-refractivity contribution < 1.29 is 26.8 Å². The summed E-state index contributed by atoms with van der Waals surface area (Å²) in [5.74, 6) is -2.44. The summed E-state index contributed by atoms with van der Waals surface area (Å²) in [4.78, 5) is 25.4. The predicted octanol–water partition coefficient (Wildman–Crippen LogP) is 1.47. The number of hydrogen-bond acceptors (Lipinski definition) is 5. The van der Waals surface area contributed by atoms with E-state index in [0.717, 1.165) is 16.4 Å². The van der Waals surface area contributed by atoms with Gasteiger partial charge < -0.3 is 5.32 Å². The van der Waals surface area contributed by atoms with Crippen molar-refractivity contribution in [2.45, 2.75) is 10.9 Å². The van der Waals surface area contributed by atoms with Crippen LogP contribution in [-0.2, 0) is 14.8 Å². The maximum Gasteiger partial charge on any atom is 0.321 e. The molecule has 1 heterocycles. The Morgan fingerprint density at radius 3 is 2.26 bits per heavy atom. The van der Waals surface area contributed by atoms with E-state index in [9.17, 15) is 26.8 Å². The molecule has 1 aliphatic heterocycles. The van der Waals surface area contributed by atoms with E-state index in [1.54, 1.807) is 35.2 Å². The van der Waals surface area contributed by atoms with E-state index in [0.29, 0.717) is 11.6 Å². The van der Waals surface area contributed by atoms with Crippen molar-refractivity contribution in [2.24, 2.45) is 0 Å². The third-order valence-electron chi connectivity index (χ3n) is 4.98. The van der Waals surface area contributed by atoms with Gasteiger partial charge in [0.05, 0.1) is 0 Å². The average molecular weight is 452 g/mol. The van der Waals surface area contributed by atoms with E-state index in [-0.39, 0.29) is 26.2 Å². The molecule has 2 aromatic rings. The third kappa shape index (κ3) is 5.06. The second kappa shape index (κ2) is 9.50. The summed E-state index contributed by atoms with van der Waals surface area (Å²) < 4.78 is 54.2. The van der Waals surface area contributed by atoms with Gasteiger partial charge in [0.15, 0.2) is 0 Å². The number of nitrogens with zero attached hydrogens (tertiary/aromatic N) is 2. The van der Waals surface area contributed by atoms with Crippen LogP contribution < -0.4 is 10.6 Å². The monoisotopic (exact) mass is 452 g/mol. The molecule has 1 fully saturated rings. The van der Waals surface area contributed by atoms with Gasteiger partial charge in [-0.1, -0.05) is 30.3 Å². The summed E-state index contributed by atoms with van der Waals surface area (Å²) >= 11 is 0. The van der Waals surface area contributed by atoms with Crippen LogP contribution in [0.1, 0.15) is 11.6 Å². The molecule has 1 unspecified atom stereocenters. The van der Waals surface area contributed by atoms with Gasteiger partial charge in [-0.25, -0.2) is 22.0 Å². The van der Waals surface area contributed by atoms with Gasteiger partial charge in [-0.2, -0.15) is 4.31 Å². The Hall–Kier alpha value is -2.89. The number of imide groups is 1. The molecule has 11 heteroatoms. The van der Waals surface area contributed by atoms with Crippen LogP contribution in [0.25, 0.3) is 0 Å². The summed E-state index contributed by atoms with van der Waals surface area (Å²) in [5.41, 5.74) is 0.636. The van der Waals surface area contributed by atoms with E-state index >= 15 is 0 Å². The first-order chi connectivity index (χ1) is 14.7. The number of rotatable bonds is 5. The zero-order valence-electron chi connectivity index (χ0n) is 16.7.